The molecule has 1 unspecified atom stereocenters. The van der Waals surface area contributed by atoms with E-state index in [2.05, 4.69) is 10.0 Å². The van der Waals surface area contributed by atoms with E-state index in [9.17, 15) is 31.6 Å². The number of Topliss-reactive ketones (excluding diaryl/α,β-unsaturated/α-hetero) is 1. The first-order valence-corrected chi connectivity index (χ1v) is 10.5. The summed E-state index contributed by atoms with van der Waals surface area (Å²) >= 11 is 0. The summed E-state index contributed by atoms with van der Waals surface area (Å²) in [5.41, 5.74) is -1.57. The molecule has 0 aliphatic carbocycles. The predicted octanol–water partition coefficient (Wildman–Crippen LogP) is 1.99. The molecular weight excluding hydrogens is 420 g/mol. The van der Waals surface area contributed by atoms with Crippen LogP contribution in [-0.2, 0) is 20.4 Å². The number of rotatable bonds is 6. The Balaban J connectivity index is 1.86. The first kappa shape index (κ1) is 21.4. The molecule has 2 N–H and O–H groups in total. The molecule has 2 aromatic rings. The highest BCUT2D eigenvalue weighted by Gasteiger charge is 2.49. The van der Waals surface area contributed by atoms with Crippen LogP contribution in [0.5, 0.6) is 0 Å². The van der Waals surface area contributed by atoms with Gasteiger partial charge in [0.2, 0.25) is 10.0 Å². The van der Waals surface area contributed by atoms with E-state index >= 15 is 0 Å². The van der Waals surface area contributed by atoms with Gasteiger partial charge in [0.05, 0.1) is 18.4 Å². The van der Waals surface area contributed by atoms with Gasteiger partial charge in [0, 0.05) is 11.8 Å². The van der Waals surface area contributed by atoms with Crippen molar-refractivity contribution in [3.8, 4) is 0 Å². The van der Waals surface area contributed by atoms with Gasteiger partial charge in [0.1, 0.15) is 17.2 Å². The van der Waals surface area contributed by atoms with E-state index in [0.717, 1.165) is 18.4 Å². The molecule has 0 aromatic heterocycles. The highest BCUT2D eigenvalue weighted by Crippen LogP contribution is 2.30. The highest BCUT2D eigenvalue weighted by molar-refractivity contribution is 7.92. The van der Waals surface area contributed by atoms with E-state index in [0.29, 0.717) is 11.0 Å². The first-order chi connectivity index (χ1) is 13.9. The molecule has 0 spiro atoms. The number of amides is 3. The van der Waals surface area contributed by atoms with E-state index in [1.165, 1.54) is 31.2 Å². The van der Waals surface area contributed by atoms with Crippen LogP contribution < -0.4 is 10.0 Å². The van der Waals surface area contributed by atoms with Crippen LogP contribution in [0.4, 0.5) is 19.3 Å². The Morgan fingerprint density at radius 2 is 1.87 bits per heavy atom. The van der Waals surface area contributed by atoms with Gasteiger partial charge in [-0.25, -0.2) is 22.0 Å². The maximum atomic E-state index is 13.8. The van der Waals surface area contributed by atoms with Crippen molar-refractivity contribution in [3.63, 3.8) is 0 Å². The molecule has 2 aromatic carbocycles. The van der Waals surface area contributed by atoms with Gasteiger partial charge in [-0.1, -0.05) is 12.1 Å². The zero-order valence-electron chi connectivity index (χ0n) is 15.9. The van der Waals surface area contributed by atoms with Crippen molar-refractivity contribution in [3.05, 3.63) is 65.2 Å². The summed E-state index contributed by atoms with van der Waals surface area (Å²) in [6.45, 7) is 0.653. The summed E-state index contributed by atoms with van der Waals surface area (Å²) in [6.07, 6.45) is 0.964. The lowest BCUT2D eigenvalue weighted by Crippen LogP contribution is -2.41. The third-order valence-electron chi connectivity index (χ3n) is 4.55. The molecule has 1 saturated heterocycles. The number of urea groups is 1. The maximum Gasteiger partial charge on any atom is 0.325 e. The minimum absolute atomic E-state index is 0.182. The second-order valence-corrected chi connectivity index (χ2v) is 8.70. The smallest absolute Gasteiger partial charge is 0.319 e. The molecule has 1 atom stereocenters. The van der Waals surface area contributed by atoms with Crippen molar-refractivity contribution >= 4 is 33.4 Å². The lowest BCUT2D eigenvalue weighted by Gasteiger charge is -2.23. The molecule has 0 bridgehead atoms. The van der Waals surface area contributed by atoms with Crippen LogP contribution in [0.15, 0.2) is 42.5 Å². The molecule has 3 rings (SSSR count). The van der Waals surface area contributed by atoms with Gasteiger partial charge in [0.15, 0.2) is 5.78 Å². The normalized spacial score (nSPS) is 19.0. The van der Waals surface area contributed by atoms with Gasteiger partial charge < -0.3 is 5.32 Å². The van der Waals surface area contributed by atoms with E-state index in [-0.39, 0.29) is 11.3 Å². The van der Waals surface area contributed by atoms with Crippen LogP contribution in [0.25, 0.3) is 0 Å². The number of hydrogen-bond acceptors (Lipinski definition) is 5. The Bertz CT molecular complexity index is 1170. The molecule has 8 nitrogen and oxygen atoms in total. The van der Waals surface area contributed by atoms with Crippen molar-refractivity contribution in [1.82, 2.24) is 10.2 Å². The number of hydrogen-bond donors (Lipinski definition) is 2. The number of ketones is 1. The van der Waals surface area contributed by atoms with Crippen LogP contribution in [-0.4, -0.2) is 43.8 Å². The van der Waals surface area contributed by atoms with Crippen LogP contribution in [0.3, 0.4) is 0 Å². The third-order valence-corrected chi connectivity index (χ3v) is 5.16. The van der Waals surface area contributed by atoms with Crippen molar-refractivity contribution in [2.75, 3.05) is 17.5 Å². The Morgan fingerprint density at radius 3 is 2.50 bits per heavy atom. The predicted molar refractivity (Wildman–Crippen MR) is 103 cm³/mol. The molecule has 11 heteroatoms. The lowest BCUT2D eigenvalue weighted by atomic mass is 9.91. The van der Waals surface area contributed by atoms with Crippen molar-refractivity contribution < 1.29 is 31.6 Å². The van der Waals surface area contributed by atoms with Crippen molar-refractivity contribution in [2.45, 2.75) is 12.5 Å². The number of nitrogens with zero attached hydrogens (tertiary/aromatic N) is 1. The molecule has 0 saturated carbocycles. The SMILES string of the molecule is CC1(c2cccc(NS(C)(=O)=O)c2)NC(=O)N(CC(=O)c2ccc(F)cc2F)C1=O. The van der Waals surface area contributed by atoms with E-state index < -0.39 is 57.0 Å². The number of sulfonamides is 1. The number of halogens is 2. The van der Waals surface area contributed by atoms with Crippen molar-refractivity contribution in [2.24, 2.45) is 0 Å². The molecule has 1 fully saturated rings. The highest BCUT2D eigenvalue weighted by atomic mass is 32.2. The summed E-state index contributed by atoms with van der Waals surface area (Å²) in [5.74, 6) is -3.63. The van der Waals surface area contributed by atoms with Crippen LogP contribution in [0.2, 0.25) is 0 Å². The number of imide groups is 1. The lowest BCUT2D eigenvalue weighted by molar-refractivity contribution is -0.130. The Morgan fingerprint density at radius 1 is 1.17 bits per heavy atom. The molecule has 0 radical (unpaired) electrons. The monoisotopic (exact) mass is 437 g/mol. The summed E-state index contributed by atoms with van der Waals surface area (Å²) < 4.78 is 52.0. The quantitative estimate of drug-likeness (QED) is 0.530. The Kier molecular flexibility index (Phi) is 5.33. The number of benzene rings is 2. The standard InChI is InChI=1S/C19H17F2N3O5S/c1-19(11-4-3-5-13(8-11)23-30(2,28)29)17(26)24(18(27)22-19)10-16(25)14-7-6-12(20)9-15(14)21/h3-9,23H,10H2,1-2H3,(H,22,27). The van der Waals surface area contributed by atoms with Crippen LogP contribution >= 0.6 is 0 Å². The second-order valence-electron chi connectivity index (χ2n) is 6.95. The van der Waals surface area contributed by atoms with Crippen molar-refractivity contribution in [1.29, 1.82) is 0 Å². The van der Waals surface area contributed by atoms with Crippen LogP contribution in [0.1, 0.15) is 22.8 Å². The van der Waals surface area contributed by atoms with Gasteiger partial charge in [-0.2, -0.15) is 0 Å². The fraction of sp³-hybridized carbons (Fsp3) is 0.211. The van der Waals surface area contributed by atoms with Gasteiger partial charge in [-0.3, -0.25) is 19.2 Å². The number of anilines is 1. The molecule has 3 amide bonds. The summed E-state index contributed by atoms with van der Waals surface area (Å²) in [5, 5.41) is 2.47. The molecule has 1 aliphatic heterocycles. The average molecular weight is 437 g/mol. The zero-order chi connectivity index (χ0) is 22.3. The molecular formula is C19H17F2N3O5S. The molecule has 30 heavy (non-hydrogen) atoms. The number of carbonyl (C=O) groups excluding carboxylic acids is 3. The fourth-order valence-electron chi connectivity index (χ4n) is 3.09. The van der Waals surface area contributed by atoms with E-state index in [1.807, 2.05) is 0 Å². The minimum atomic E-state index is -3.57. The average Bonchev–Trinajstić information content (AvgIpc) is 2.84. The fourth-order valence-corrected chi connectivity index (χ4v) is 3.64. The molecule has 1 aliphatic rings. The second kappa shape index (κ2) is 7.48. The third kappa shape index (κ3) is 4.15. The summed E-state index contributed by atoms with van der Waals surface area (Å²) in [4.78, 5) is 38.3. The van der Waals surface area contributed by atoms with Gasteiger partial charge >= 0.3 is 6.03 Å². The zero-order valence-corrected chi connectivity index (χ0v) is 16.7. The summed E-state index contributed by atoms with van der Waals surface area (Å²) in [6, 6.07) is 7.34. The Hall–Kier alpha value is -3.34. The van der Waals surface area contributed by atoms with Gasteiger partial charge in [0.25, 0.3) is 5.91 Å². The Labute approximate surface area is 170 Å². The van der Waals surface area contributed by atoms with E-state index in [4.69, 9.17) is 0 Å². The first-order valence-electron chi connectivity index (χ1n) is 8.61. The van der Waals surface area contributed by atoms with Gasteiger partial charge in [-0.15, -0.1) is 0 Å². The maximum absolute atomic E-state index is 13.8. The van der Waals surface area contributed by atoms with Crippen LogP contribution in [0, 0.1) is 11.6 Å². The van der Waals surface area contributed by atoms with Gasteiger partial charge in [-0.05, 0) is 36.8 Å². The molecule has 1 heterocycles. The number of carbonyl (C=O) groups is 3. The largest absolute Gasteiger partial charge is 0.325 e. The van der Waals surface area contributed by atoms with E-state index in [1.54, 1.807) is 0 Å². The summed E-state index contributed by atoms with van der Waals surface area (Å²) in [7, 11) is -3.57. The molecule has 158 valence electrons. The number of nitrogens with one attached hydrogen (secondary N) is 2. The topological polar surface area (TPSA) is 113 Å². The minimum Gasteiger partial charge on any atom is -0.319 e.